The molecule has 0 unspecified atom stereocenters. The average Bonchev–Trinajstić information content (AvgIpc) is 2.86. The van der Waals surface area contributed by atoms with Crippen LogP contribution in [0, 0.1) is 11.8 Å². The Kier molecular flexibility index (Phi) is 9.22. The van der Waals surface area contributed by atoms with Crippen molar-refractivity contribution < 1.29 is 19.5 Å². The van der Waals surface area contributed by atoms with Crippen molar-refractivity contribution in [1.29, 1.82) is 0 Å². The number of rotatable bonds is 11. The Morgan fingerprint density at radius 2 is 1.53 bits per heavy atom. The summed E-state index contributed by atoms with van der Waals surface area (Å²) in [6.07, 6.45) is 0.247. The number of carbonyl (C=O) groups is 3. The van der Waals surface area contributed by atoms with E-state index in [1.807, 2.05) is 19.9 Å². The van der Waals surface area contributed by atoms with Crippen molar-refractivity contribution in [1.82, 2.24) is 20.2 Å². The Morgan fingerprint density at radius 3 is 2.13 bits per heavy atom. The predicted molar refractivity (Wildman–Crippen MR) is 144 cm³/mol. The van der Waals surface area contributed by atoms with E-state index < -0.39 is 47.2 Å². The molecule has 0 saturated heterocycles. The number of hydrogen-bond acceptors (Lipinski definition) is 5. The minimum Gasteiger partial charge on any atom is -0.480 e. The molecule has 2 amide bonds. The molecule has 0 bridgehead atoms. The molecular formula is C28H34N4O6. The quantitative estimate of drug-likeness (QED) is 0.303. The number of carboxylic acid groups (broad SMARTS) is 1. The van der Waals surface area contributed by atoms with Crippen LogP contribution in [0.1, 0.15) is 45.7 Å². The second-order valence-corrected chi connectivity index (χ2v) is 10.1. The first kappa shape index (κ1) is 28.4. The lowest BCUT2D eigenvalue weighted by molar-refractivity contribution is -0.143. The van der Waals surface area contributed by atoms with E-state index in [4.69, 9.17) is 0 Å². The van der Waals surface area contributed by atoms with Crippen molar-refractivity contribution in [3.63, 3.8) is 0 Å². The van der Waals surface area contributed by atoms with Crippen LogP contribution in [0.2, 0.25) is 0 Å². The average molecular weight is 523 g/mol. The molecule has 0 aliphatic rings. The van der Waals surface area contributed by atoms with Gasteiger partial charge in [-0.05, 0) is 36.0 Å². The Hall–Kier alpha value is -4.21. The fraction of sp³-hybridized carbons (Fsp3) is 0.393. The molecule has 10 nitrogen and oxygen atoms in total. The summed E-state index contributed by atoms with van der Waals surface area (Å²) in [4.78, 5) is 67.6. The number of H-pyrrole nitrogens is 1. The van der Waals surface area contributed by atoms with Crippen molar-refractivity contribution in [3.8, 4) is 0 Å². The SMILES string of the molecule is CC(C)C[C@H](NC(=O)[C@@H](Cc1ccccc1)n1c(=O)[nH]c2ccccc2c1=O)C(=O)N[C@H](C(=O)O)C(C)C. The third kappa shape index (κ3) is 6.76. The minimum absolute atomic E-state index is 0.0206. The van der Waals surface area contributed by atoms with E-state index in [2.05, 4.69) is 15.6 Å². The summed E-state index contributed by atoms with van der Waals surface area (Å²) < 4.78 is 0.878. The third-order valence-electron chi connectivity index (χ3n) is 6.29. The topological polar surface area (TPSA) is 150 Å². The molecule has 1 heterocycles. The summed E-state index contributed by atoms with van der Waals surface area (Å²) in [6.45, 7) is 7.07. The van der Waals surface area contributed by atoms with Gasteiger partial charge < -0.3 is 20.7 Å². The van der Waals surface area contributed by atoms with Crippen LogP contribution >= 0.6 is 0 Å². The molecule has 3 atom stereocenters. The van der Waals surface area contributed by atoms with Gasteiger partial charge in [-0.15, -0.1) is 0 Å². The molecule has 3 aromatic rings. The first-order chi connectivity index (χ1) is 18.0. The zero-order chi connectivity index (χ0) is 28.0. The van der Waals surface area contributed by atoms with Crippen molar-refractivity contribution in [2.45, 2.75) is 58.7 Å². The number of amides is 2. The number of benzene rings is 2. The largest absolute Gasteiger partial charge is 0.480 e. The second kappa shape index (κ2) is 12.4. The minimum atomic E-state index is -1.26. The molecule has 38 heavy (non-hydrogen) atoms. The van der Waals surface area contributed by atoms with E-state index in [1.54, 1.807) is 62.4 Å². The first-order valence-corrected chi connectivity index (χ1v) is 12.6. The molecule has 1 aromatic heterocycles. The molecular weight excluding hydrogens is 488 g/mol. The van der Waals surface area contributed by atoms with Crippen LogP contribution in [0.4, 0.5) is 0 Å². The van der Waals surface area contributed by atoms with Gasteiger partial charge in [0.15, 0.2) is 0 Å². The van der Waals surface area contributed by atoms with Crippen molar-refractivity contribution in [3.05, 3.63) is 81.0 Å². The molecule has 4 N–H and O–H groups in total. The molecule has 10 heteroatoms. The van der Waals surface area contributed by atoms with E-state index >= 15 is 0 Å². The van der Waals surface area contributed by atoms with Gasteiger partial charge in [-0.3, -0.25) is 14.4 Å². The van der Waals surface area contributed by atoms with E-state index in [0.717, 1.165) is 4.57 Å². The predicted octanol–water partition coefficient (Wildman–Crippen LogP) is 2.23. The molecule has 2 aromatic carbocycles. The van der Waals surface area contributed by atoms with E-state index in [1.165, 1.54) is 0 Å². The maximum absolute atomic E-state index is 13.7. The molecule has 0 aliphatic heterocycles. The number of hydrogen-bond donors (Lipinski definition) is 4. The monoisotopic (exact) mass is 522 g/mol. The Bertz CT molecular complexity index is 1410. The van der Waals surface area contributed by atoms with Crippen LogP contribution in [0.5, 0.6) is 0 Å². The van der Waals surface area contributed by atoms with Crippen molar-refractivity contribution >= 4 is 28.7 Å². The van der Waals surface area contributed by atoms with Crippen LogP contribution in [0.25, 0.3) is 10.9 Å². The van der Waals surface area contributed by atoms with E-state index in [0.29, 0.717) is 11.1 Å². The molecule has 0 aliphatic carbocycles. The lowest BCUT2D eigenvalue weighted by atomic mass is 9.99. The molecule has 0 fully saturated rings. The lowest BCUT2D eigenvalue weighted by Crippen LogP contribution is -2.55. The summed E-state index contributed by atoms with van der Waals surface area (Å²) in [5.74, 6) is -2.93. The first-order valence-electron chi connectivity index (χ1n) is 12.6. The van der Waals surface area contributed by atoms with Crippen LogP contribution < -0.4 is 21.9 Å². The Morgan fingerprint density at radius 1 is 0.895 bits per heavy atom. The van der Waals surface area contributed by atoms with Crippen LogP contribution in [0.3, 0.4) is 0 Å². The number of para-hydroxylation sites is 1. The second-order valence-electron chi connectivity index (χ2n) is 10.1. The van der Waals surface area contributed by atoms with Gasteiger partial charge in [0.1, 0.15) is 18.1 Å². The number of carbonyl (C=O) groups excluding carboxylic acids is 2. The van der Waals surface area contributed by atoms with Gasteiger partial charge in [0.05, 0.1) is 10.9 Å². The Labute approximate surface area is 220 Å². The number of carboxylic acids is 1. The normalized spacial score (nSPS) is 13.7. The highest BCUT2D eigenvalue weighted by atomic mass is 16.4. The summed E-state index contributed by atoms with van der Waals surface area (Å²) in [5.41, 5.74) is -0.317. The zero-order valence-corrected chi connectivity index (χ0v) is 21.9. The number of nitrogens with one attached hydrogen (secondary N) is 3. The fourth-order valence-corrected chi connectivity index (χ4v) is 4.34. The number of aromatic amines is 1. The summed E-state index contributed by atoms with van der Waals surface area (Å²) in [5, 5.41) is 15.0. The third-order valence-corrected chi connectivity index (χ3v) is 6.29. The number of nitrogens with zero attached hydrogens (tertiary/aromatic N) is 1. The van der Waals surface area contributed by atoms with Crippen molar-refractivity contribution in [2.75, 3.05) is 0 Å². The van der Waals surface area contributed by atoms with E-state index in [-0.39, 0.29) is 30.1 Å². The summed E-state index contributed by atoms with van der Waals surface area (Å²) in [7, 11) is 0. The smallest absolute Gasteiger partial charge is 0.329 e. The van der Waals surface area contributed by atoms with E-state index in [9.17, 15) is 29.1 Å². The van der Waals surface area contributed by atoms with Gasteiger partial charge in [-0.25, -0.2) is 14.2 Å². The Balaban J connectivity index is 2.02. The summed E-state index contributed by atoms with van der Waals surface area (Å²) in [6, 6.07) is 12.0. The fourth-order valence-electron chi connectivity index (χ4n) is 4.34. The number of aliphatic carboxylic acids is 1. The molecule has 0 spiro atoms. The molecule has 0 radical (unpaired) electrons. The molecule has 0 saturated carbocycles. The van der Waals surface area contributed by atoms with Gasteiger partial charge >= 0.3 is 11.7 Å². The highest BCUT2D eigenvalue weighted by molar-refractivity contribution is 5.91. The van der Waals surface area contributed by atoms with Gasteiger partial charge in [-0.1, -0.05) is 70.2 Å². The number of aromatic nitrogens is 2. The molecule has 202 valence electrons. The number of fused-ring (bicyclic) bond motifs is 1. The lowest BCUT2D eigenvalue weighted by Gasteiger charge is -2.26. The summed E-state index contributed by atoms with van der Waals surface area (Å²) >= 11 is 0. The highest BCUT2D eigenvalue weighted by Crippen LogP contribution is 2.16. The maximum atomic E-state index is 13.7. The van der Waals surface area contributed by atoms with Crippen LogP contribution in [-0.2, 0) is 20.8 Å². The van der Waals surface area contributed by atoms with Gasteiger partial charge in [-0.2, -0.15) is 0 Å². The standard InChI is InChI=1S/C28H34N4O6/c1-16(2)14-21(24(33)31-23(17(3)4)27(36)37)29-25(34)22(15-18-10-6-5-7-11-18)32-26(35)19-12-8-9-13-20(19)30-28(32)38/h5-13,16-17,21-23H,14-15H2,1-4H3,(H,29,34)(H,30,38)(H,31,33)(H,36,37)/t21-,22+,23-/m0/s1. The van der Waals surface area contributed by atoms with Crippen molar-refractivity contribution in [2.24, 2.45) is 11.8 Å². The molecule has 3 rings (SSSR count). The van der Waals surface area contributed by atoms with Crippen LogP contribution in [0.15, 0.2) is 64.2 Å². The zero-order valence-electron chi connectivity index (χ0n) is 21.9. The van der Waals surface area contributed by atoms with Gasteiger partial charge in [0, 0.05) is 6.42 Å². The highest BCUT2D eigenvalue weighted by Gasteiger charge is 2.32. The van der Waals surface area contributed by atoms with Crippen LogP contribution in [-0.4, -0.2) is 44.5 Å². The van der Waals surface area contributed by atoms with Gasteiger partial charge in [0.25, 0.3) is 5.56 Å². The van der Waals surface area contributed by atoms with Gasteiger partial charge in [0.2, 0.25) is 11.8 Å². The maximum Gasteiger partial charge on any atom is 0.329 e.